The fourth-order valence-corrected chi connectivity index (χ4v) is 2.42. The lowest BCUT2D eigenvalue weighted by molar-refractivity contribution is -0.119. The predicted octanol–water partition coefficient (Wildman–Crippen LogP) is 3.45. The standard InChI is InChI=1S/C20H18N2O5/c1-13-8-9-17(25-2)15(10-13)21-19(23)12-26-20(24)16-11-18(27-22-16)14-6-4-3-5-7-14/h3-11H,12H2,1-2H3,(H,21,23). The first-order valence-electron chi connectivity index (χ1n) is 8.20. The Bertz CT molecular complexity index is 950. The number of nitrogens with zero attached hydrogens (tertiary/aromatic N) is 1. The number of methoxy groups -OCH3 is 1. The third-order valence-corrected chi connectivity index (χ3v) is 3.74. The highest BCUT2D eigenvalue weighted by Gasteiger charge is 2.17. The first kappa shape index (κ1) is 18.2. The van der Waals surface area contributed by atoms with Crippen molar-refractivity contribution in [3.05, 3.63) is 65.9 Å². The van der Waals surface area contributed by atoms with E-state index in [1.165, 1.54) is 13.2 Å². The molecule has 7 nitrogen and oxygen atoms in total. The first-order valence-corrected chi connectivity index (χ1v) is 8.20. The minimum Gasteiger partial charge on any atom is -0.495 e. The molecule has 3 rings (SSSR count). The van der Waals surface area contributed by atoms with Gasteiger partial charge in [0.05, 0.1) is 12.8 Å². The Morgan fingerprint density at radius 3 is 2.63 bits per heavy atom. The van der Waals surface area contributed by atoms with Gasteiger partial charge in [0.25, 0.3) is 5.91 Å². The van der Waals surface area contributed by atoms with E-state index < -0.39 is 18.5 Å². The normalized spacial score (nSPS) is 10.3. The van der Waals surface area contributed by atoms with Gasteiger partial charge >= 0.3 is 5.97 Å². The van der Waals surface area contributed by atoms with E-state index in [9.17, 15) is 9.59 Å². The molecule has 0 spiro atoms. The van der Waals surface area contributed by atoms with Crippen LogP contribution in [0.3, 0.4) is 0 Å². The van der Waals surface area contributed by atoms with Gasteiger partial charge in [-0.05, 0) is 24.6 Å². The van der Waals surface area contributed by atoms with Gasteiger partial charge in [-0.15, -0.1) is 0 Å². The van der Waals surface area contributed by atoms with Gasteiger partial charge in [-0.3, -0.25) is 4.79 Å². The molecule has 0 aliphatic rings. The molecule has 0 aliphatic heterocycles. The van der Waals surface area contributed by atoms with Crippen LogP contribution in [0.4, 0.5) is 5.69 Å². The molecule has 0 radical (unpaired) electrons. The van der Waals surface area contributed by atoms with Crippen molar-refractivity contribution in [1.82, 2.24) is 5.16 Å². The van der Waals surface area contributed by atoms with Crippen LogP contribution in [0.25, 0.3) is 11.3 Å². The second-order valence-corrected chi connectivity index (χ2v) is 5.77. The number of carbonyl (C=O) groups excluding carboxylic acids is 2. The van der Waals surface area contributed by atoms with E-state index in [4.69, 9.17) is 14.0 Å². The smallest absolute Gasteiger partial charge is 0.361 e. The SMILES string of the molecule is COc1ccc(C)cc1NC(=O)COC(=O)c1cc(-c2ccccc2)on1. The number of benzene rings is 2. The Kier molecular flexibility index (Phi) is 5.51. The molecule has 7 heteroatoms. The Balaban J connectivity index is 1.59. The van der Waals surface area contributed by atoms with Crippen LogP contribution >= 0.6 is 0 Å². The molecule has 0 unspecified atom stereocenters. The Morgan fingerprint density at radius 2 is 1.89 bits per heavy atom. The minimum atomic E-state index is -0.743. The number of rotatable bonds is 6. The van der Waals surface area contributed by atoms with Crippen molar-refractivity contribution in [2.24, 2.45) is 0 Å². The zero-order valence-corrected chi connectivity index (χ0v) is 14.9. The van der Waals surface area contributed by atoms with Crippen molar-refractivity contribution in [1.29, 1.82) is 0 Å². The number of nitrogens with one attached hydrogen (secondary N) is 1. The van der Waals surface area contributed by atoms with Gasteiger partial charge in [0.1, 0.15) is 5.75 Å². The average Bonchev–Trinajstić information content (AvgIpc) is 3.17. The quantitative estimate of drug-likeness (QED) is 0.672. The lowest BCUT2D eigenvalue weighted by Gasteiger charge is -2.11. The first-order chi connectivity index (χ1) is 13.1. The van der Waals surface area contributed by atoms with E-state index in [2.05, 4.69) is 10.5 Å². The number of anilines is 1. The van der Waals surface area contributed by atoms with Crippen LogP contribution in [-0.4, -0.2) is 30.7 Å². The van der Waals surface area contributed by atoms with Gasteiger partial charge in [-0.2, -0.15) is 0 Å². The number of esters is 1. The van der Waals surface area contributed by atoms with Crippen LogP contribution in [0.2, 0.25) is 0 Å². The summed E-state index contributed by atoms with van der Waals surface area (Å²) in [4.78, 5) is 24.1. The lowest BCUT2D eigenvalue weighted by Crippen LogP contribution is -2.21. The molecule has 0 aliphatic carbocycles. The lowest BCUT2D eigenvalue weighted by atomic mass is 10.2. The Hall–Kier alpha value is -3.61. The summed E-state index contributed by atoms with van der Waals surface area (Å²) < 4.78 is 15.3. The van der Waals surface area contributed by atoms with Crippen molar-refractivity contribution in [3.8, 4) is 17.1 Å². The molecule has 27 heavy (non-hydrogen) atoms. The van der Waals surface area contributed by atoms with Crippen LogP contribution in [0.1, 0.15) is 16.1 Å². The third kappa shape index (κ3) is 4.52. The molecule has 0 atom stereocenters. The molecule has 0 saturated carbocycles. The average molecular weight is 366 g/mol. The topological polar surface area (TPSA) is 90.7 Å². The zero-order valence-electron chi connectivity index (χ0n) is 14.9. The van der Waals surface area contributed by atoms with E-state index in [-0.39, 0.29) is 5.69 Å². The van der Waals surface area contributed by atoms with Crippen molar-refractivity contribution < 1.29 is 23.6 Å². The summed E-state index contributed by atoms with van der Waals surface area (Å²) in [5.41, 5.74) is 2.24. The fourth-order valence-electron chi connectivity index (χ4n) is 2.42. The molecule has 0 saturated heterocycles. The molecule has 2 aromatic carbocycles. The largest absolute Gasteiger partial charge is 0.495 e. The van der Waals surface area contributed by atoms with E-state index in [1.54, 1.807) is 12.1 Å². The highest BCUT2D eigenvalue weighted by atomic mass is 16.5. The number of aryl methyl sites for hydroxylation is 1. The predicted molar refractivity (Wildman–Crippen MR) is 98.6 cm³/mol. The minimum absolute atomic E-state index is 0.00482. The van der Waals surface area contributed by atoms with Crippen molar-refractivity contribution >= 4 is 17.6 Å². The van der Waals surface area contributed by atoms with Gasteiger partial charge in [0.2, 0.25) is 0 Å². The van der Waals surface area contributed by atoms with Gasteiger partial charge < -0.3 is 19.3 Å². The van der Waals surface area contributed by atoms with Crippen LogP contribution in [0.15, 0.2) is 59.1 Å². The number of hydrogen-bond acceptors (Lipinski definition) is 6. The maximum Gasteiger partial charge on any atom is 0.361 e. The summed E-state index contributed by atoms with van der Waals surface area (Å²) in [5.74, 6) is -0.271. The van der Waals surface area contributed by atoms with Crippen LogP contribution in [0.5, 0.6) is 5.75 Å². The molecule has 138 valence electrons. The maximum atomic E-state index is 12.1. The van der Waals surface area contributed by atoms with Crippen LogP contribution in [0, 0.1) is 6.92 Å². The Morgan fingerprint density at radius 1 is 1.11 bits per heavy atom. The summed E-state index contributed by atoms with van der Waals surface area (Å²) in [7, 11) is 1.51. The summed E-state index contributed by atoms with van der Waals surface area (Å²) in [6.45, 7) is 1.44. The van der Waals surface area contributed by atoms with Crippen LogP contribution in [-0.2, 0) is 9.53 Å². The van der Waals surface area contributed by atoms with Gasteiger partial charge in [-0.25, -0.2) is 4.79 Å². The number of amides is 1. The maximum absolute atomic E-state index is 12.1. The highest BCUT2D eigenvalue weighted by molar-refractivity contribution is 5.96. The molecule has 3 aromatic rings. The number of carbonyl (C=O) groups is 2. The molecule has 1 N–H and O–H groups in total. The summed E-state index contributed by atoms with van der Waals surface area (Å²) >= 11 is 0. The van der Waals surface area contributed by atoms with Gasteiger partial charge in [0.15, 0.2) is 18.1 Å². The Labute approximate surface area is 155 Å². The molecule has 1 heterocycles. The fraction of sp³-hybridized carbons (Fsp3) is 0.150. The van der Waals surface area contributed by atoms with Gasteiger partial charge in [0, 0.05) is 11.6 Å². The summed E-state index contributed by atoms with van der Waals surface area (Å²) in [5, 5.41) is 6.35. The highest BCUT2D eigenvalue weighted by Crippen LogP contribution is 2.25. The summed E-state index contributed by atoms with van der Waals surface area (Å²) in [6.07, 6.45) is 0. The molecular formula is C20H18N2O5. The van der Waals surface area contributed by atoms with E-state index in [0.717, 1.165) is 11.1 Å². The summed E-state index contributed by atoms with van der Waals surface area (Å²) in [6, 6.07) is 16.1. The van der Waals surface area contributed by atoms with E-state index in [1.807, 2.05) is 43.3 Å². The second kappa shape index (κ2) is 8.18. The third-order valence-electron chi connectivity index (χ3n) is 3.74. The molecule has 1 aromatic heterocycles. The van der Waals surface area contributed by atoms with Crippen molar-refractivity contribution in [2.45, 2.75) is 6.92 Å². The second-order valence-electron chi connectivity index (χ2n) is 5.77. The number of hydrogen-bond donors (Lipinski definition) is 1. The molecule has 0 bridgehead atoms. The van der Waals surface area contributed by atoms with Crippen molar-refractivity contribution in [3.63, 3.8) is 0 Å². The zero-order chi connectivity index (χ0) is 19.2. The number of aromatic nitrogens is 1. The van der Waals surface area contributed by atoms with Crippen molar-refractivity contribution in [2.75, 3.05) is 19.0 Å². The van der Waals surface area contributed by atoms with Crippen LogP contribution < -0.4 is 10.1 Å². The molecule has 0 fully saturated rings. The molecular weight excluding hydrogens is 348 g/mol. The van der Waals surface area contributed by atoms with E-state index >= 15 is 0 Å². The van der Waals surface area contributed by atoms with Gasteiger partial charge in [-0.1, -0.05) is 41.6 Å². The monoisotopic (exact) mass is 366 g/mol. The van der Waals surface area contributed by atoms with E-state index in [0.29, 0.717) is 17.2 Å². The number of ether oxygens (including phenoxy) is 2. The molecule has 1 amide bonds.